The number of aryl methyl sites for hydroxylation is 1. The van der Waals surface area contributed by atoms with Crippen molar-refractivity contribution in [2.24, 2.45) is 0 Å². The minimum Gasteiger partial charge on any atom is -0.387 e. The molecule has 0 saturated carbocycles. The van der Waals surface area contributed by atoms with Crippen LogP contribution in [0.5, 0.6) is 0 Å². The fourth-order valence-electron chi connectivity index (χ4n) is 3.78. The lowest BCUT2D eigenvalue weighted by atomic mass is 10.0. The highest BCUT2D eigenvalue weighted by atomic mass is 16.3. The van der Waals surface area contributed by atoms with Gasteiger partial charge in [-0.3, -0.25) is 9.80 Å². The Bertz CT molecular complexity index is 462. The quantitative estimate of drug-likeness (QED) is 0.915. The monoisotopic (exact) mass is 274 g/mol. The largest absolute Gasteiger partial charge is 0.387 e. The van der Waals surface area contributed by atoms with Crippen molar-refractivity contribution in [2.75, 3.05) is 26.2 Å². The van der Waals surface area contributed by atoms with Gasteiger partial charge in [0.1, 0.15) is 0 Å². The molecule has 0 amide bonds. The van der Waals surface area contributed by atoms with Gasteiger partial charge in [0.05, 0.1) is 6.10 Å². The summed E-state index contributed by atoms with van der Waals surface area (Å²) in [4.78, 5) is 5.10. The summed E-state index contributed by atoms with van der Waals surface area (Å²) < 4.78 is 0. The van der Waals surface area contributed by atoms with E-state index in [9.17, 15) is 5.11 Å². The summed E-state index contributed by atoms with van der Waals surface area (Å²) >= 11 is 0. The lowest BCUT2D eigenvalue weighted by Crippen LogP contribution is -2.55. The van der Waals surface area contributed by atoms with Crippen LogP contribution in [0.15, 0.2) is 24.3 Å². The Labute approximate surface area is 122 Å². The molecular weight excluding hydrogens is 248 g/mol. The topological polar surface area (TPSA) is 26.7 Å². The summed E-state index contributed by atoms with van der Waals surface area (Å²) in [5.41, 5.74) is 2.26. The lowest BCUT2D eigenvalue weighted by Gasteiger charge is -2.43. The number of hydrogen-bond donors (Lipinski definition) is 1. The van der Waals surface area contributed by atoms with E-state index in [0.717, 1.165) is 31.2 Å². The summed E-state index contributed by atoms with van der Waals surface area (Å²) in [6.07, 6.45) is 2.29. The molecule has 110 valence electrons. The van der Waals surface area contributed by atoms with Crippen molar-refractivity contribution in [3.05, 3.63) is 35.4 Å². The molecule has 3 atom stereocenters. The Morgan fingerprint density at radius 3 is 2.90 bits per heavy atom. The van der Waals surface area contributed by atoms with Gasteiger partial charge >= 0.3 is 0 Å². The predicted octanol–water partition coefficient (Wildman–Crippen LogP) is 2.20. The molecule has 0 spiro atoms. The van der Waals surface area contributed by atoms with Gasteiger partial charge in [0.25, 0.3) is 0 Å². The molecular formula is C17H26N2O. The first-order valence-electron chi connectivity index (χ1n) is 7.87. The highest BCUT2D eigenvalue weighted by Gasteiger charge is 2.35. The molecule has 3 rings (SSSR count). The molecule has 20 heavy (non-hydrogen) atoms. The van der Waals surface area contributed by atoms with E-state index in [1.165, 1.54) is 24.9 Å². The molecule has 2 aliphatic heterocycles. The number of nitrogens with zero attached hydrogens (tertiary/aromatic N) is 2. The fourth-order valence-corrected chi connectivity index (χ4v) is 3.78. The van der Waals surface area contributed by atoms with Crippen molar-refractivity contribution in [1.82, 2.24) is 9.80 Å². The molecule has 0 radical (unpaired) electrons. The molecule has 2 saturated heterocycles. The molecule has 0 aromatic heterocycles. The summed E-state index contributed by atoms with van der Waals surface area (Å²) in [5.74, 6) is 0. The number of fused-ring (bicyclic) bond motifs is 1. The summed E-state index contributed by atoms with van der Waals surface area (Å²) in [6.45, 7) is 8.67. The van der Waals surface area contributed by atoms with E-state index in [2.05, 4.69) is 35.8 Å². The maximum atomic E-state index is 10.6. The third-order valence-corrected chi connectivity index (χ3v) is 5.02. The SMILES string of the molecule is Cc1ccccc1C(O)CN1CC2CCCN2CC1C. The number of hydrogen-bond acceptors (Lipinski definition) is 3. The van der Waals surface area contributed by atoms with Gasteiger partial charge in [0.2, 0.25) is 0 Å². The van der Waals surface area contributed by atoms with Crippen LogP contribution in [0.25, 0.3) is 0 Å². The molecule has 3 unspecified atom stereocenters. The van der Waals surface area contributed by atoms with Crippen LogP contribution in [-0.4, -0.2) is 53.2 Å². The van der Waals surface area contributed by atoms with Gasteiger partial charge in [0, 0.05) is 31.7 Å². The van der Waals surface area contributed by atoms with E-state index in [0.29, 0.717) is 6.04 Å². The predicted molar refractivity (Wildman–Crippen MR) is 81.8 cm³/mol. The second kappa shape index (κ2) is 5.84. The summed E-state index contributed by atoms with van der Waals surface area (Å²) in [6, 6.07) is 9.45. The number of aliphatic hydroxyl groups excluding tert-OH is 1. The van der Waals surface area contributed by atoms with E-state index >= 15 is 0 Å². The average Bonchev–Trinajstić information content (AvgIpc) is 2.86. The number of aliphatic hydroxyl groups is 1. The van der Waals surface area contributed by atoms with Crippen molar-refractivity contribution in [2.45, 2.75) is 44.9 Å². The van der Waals surface area contributed by atoms with Gasteiger partial charge in [-0.05, 0) is 44.4 Å². The van der Waals surface area contributed by atoms with Gasteiger partial charge in [0.15, 0.2) is 0 Å². The Balaban J connectivity index is 1.66. The molecule has 3 nitrogen and oxygen atoms in total. The van der Waals surface area contributed by atoms with Crippen molar-refractivity contribution in [3.63, 3.8) is 0 Å². The number of rotatable bonds is 3. The van der Waals surface area contributed by atoms with E-state index in [1.807, 2.05) is 12.1 Å². The second-order valence-corrected chi connectivity index (χ2v) is 6.47. The molecule has 2 heterocycles. The average molecular weight is 274 g/mol. The van der Waals surface area contributed by atoms with Crippen LogP contribution in [0.3, 0.4) is 0 Å². The zero-order valence-electron chi connectivity index (χ0n) is 12.6. The van der Waals surface area contributed by atoms with Crippen molar-refractivity contribution >= 4 is 0 Å². The standard InChI is InChI=1S/C17H26N2O/c1-13-6-3-4-8-16(13)17(20)12-19-11-15-7-5-9-18(15)10-14(19)2/h3-4,6,8,14-15,17,20H,5,7,9-12H2,1-2H3. The number of β-amino-alcohol motifs (C(OH)–C–C–N with tert-alkyl or cyclic N) is 1. The zero-order chi connectivity index (χ0) is 14.1. The highest BCUT2D eigenvalue weighted by Crippen LogP contribution is 2.27. The molecule has 3 heteroatoms. The van der Waals surface area contributed by atoms with Gasteiger partial charge in [-0.15, -0.1) is 0 Å². The lowest BCUT2D eigenvalue weighted by molar-refractivity contribution is 0.0224. The van der Waals surface area contributed by atoms with Crippen LogP contribution < -0.4 is 0 Å². The Hall–Kier alpha value is -0.900. The van der Waals surface area contributed by atoms with Crippen molar-refractivity contribution in [3.8, 4) is 0 Å². The van der Waals surface area contributed by atoms with E-state index in [-0.39, 0.29) is 6.10 Å². The molecule has 1 aromatic rings. The first-order chi connectivity index (χ1) is 9.65. The smallest absolute Gasteiger partial charge is 0.0919 e. The van der Waals surface area contributed by atoms with Crippen LogP contribution in [0.1, 0.15) is 37.0 Å². The van der Waals surface area contributed by atoms with Crippen LogP contribution in [0.4, 0.5) is 0 Å². The molecule has 1 aromatic carbocycles. The van der Waals surface area contributed by atoms with Crippen molar-refractivity contribution < 1.29 is 5.11 Å². The summed E-state index contributed by atoms with van der Waals surface area (Å²) in [7, 11) is 0. The third kappa shape index (κ3) is 2.76. The van der Waals surface area contributed by atoms with Crippen LogP contribution in [0.2, 0.25) is 0 Å². The number of benzene rings is 1. The molecule has 0 bridgehead atoms. The highest BCUT2D eigenvalue weighted by molar-refractivity contribution is 5.27. The summed E-state index contributed by atoms with van der Waals surface area (Å²) in [5, 5.41) is 10.6. The van der Waals surface area contributed by atoms with E-state index in [4.69, 9.17) is 0 Å². The van der Waals surface area contributed by atoms with Crippen LogP contribution in [0, 0.1) is 6.92 Å². The maximum Gasteiger partial charge on any atom is 0.0919 e. The molecule has 2 aliphatic rings. The molecule has 0 aliphatic carbocycles. The maximum absolute atomic E-state index is 10.6. The van der Waals surface area contributed by atoms with Gasteiger partial charge in [-0.25, -0.2) is 0 Å². The van der Waals surface area contributed by atoms with E-state index < -0.39 is 0 Å². The molecule has 2 fully saturated rings. The Kier molecular flexibility index (Phi) is 4.11. The van der Waals surface area contributed by atoms with Crippen LogP contribution >= 0.6 is 0 Å². The minimum absolute atomic E-state index is 0.369. The minimum atomic E-state index is -0.369. The molecule has 1 N–H and O–H groups in total. The first kappa shape index (κ1) is 14.1. The van der Waals surface area contributed by atoms with Gasteiger partial charge in [-0.1, -0.05) is 24.3 Å². The van der Waals surface area contributed by atoms with Gasteiger partial charge in [-0.2, -0.15) is 0 Å². The van der Waals surface area contributed by atoms with Crippen LogP contribution in [-0.2, 0) is 0 Å². The van der Waals surface area contributed by atoms with E-state index in [1.54, 1.807) is 0 Å². The Morgan fingerprint density at radius 1 is 1.30 bits per heavy atom. The Morgan fingerprint density at radius 2 is 2.10 bits per heavy atom. The number of piperazine rings is 1. The van der Waals surface area contributed by atoms with Crippen molar-refractivity contribution in [1.29, 1.82) is 0 Å². The fraction of sp³-hybridized carbons (Fsp3) is 0.647. The zero-order valence-corrected chi connectivity index (χ0v) is 12.6. The normalized spacial score (nSPS) is 29.4. The third-order valence-electron chi connectivity index (χ3n) is 5.02. The second-order valence-electron chi connectivity index (χ2n) is 6.47. The first-order valence-corrected chi connectivity index (χ1v) is 7.87. The van der Waals surface area contributed by atoms with Gasteiger partial charge < -0.3 is 5.11 Å².